The molecule has 0 atom stereocenters. The van der Waals surface area contributed by atoms with Gasteiger partial charge in [-0.3, -0.25) is 9.59 Å². The average molecular weight is 416 g/mol. The van der Waals surface area contributed by atoms with E-state index in [0.29, 0.717) is 17.7 Å². The molecule has 0 bridgehead atoms. The van der Waals surface area contributed by atoms with Crippen molar-refractivity contribution in [3.8, 4) is 0 Å². The van der Waals surface area contributed by atoms with Crippen LogP contribution in [-0.4, -0.2) is 52.8 Å². The molecule has 1 aliphatic heterocycles. The minimum atomic E-state index is -4.65. The van der Waals surface area contributed by atoms with Gasteiger partial charge in [-0.25, -0.2) is 9.37 Å². The number of halogens is 5. The topological polar surface area (TPSA) is 53.5 Å². The second-order valence-corrected chi connectivity index (χ2v) is 6.54. The van der Waals surface area contributed by atoms with Crippen molar-refractivity contribution in [2.45, 2.75) is 6.18 Å². The van der Waals surface area contributed by atoms with E-state index in [2.05, 4.69) is 4.98 Å². The van der Waals surface area contributed by atoms with E-state index in [1.807, 2.05) is 0 Å². The molecule has 1 aromatic carbocycles. The zero-order chi connectivity index (χ0) is 20.5. The fraction of sp³-hybridized carbons (Fsp3) is 0.278. The first-order chi connectivity index (χ1) is 13.1. The maximum atomic E-state index is 13.0. The summed E-state index contributed by atoms with van der Waals surface area (Å²) in [5, 5.41) is -0.428. The van der Waals surface area contributed by atoms with Gasteiger partial charge < -0.3 is 9.80 Å². The standard InChI is InChI=1S/C18H14ClF4N3O2/c19-15-10-12(18(21,22)23)9-14(24-15)17(28)26-7-5-25(6-8-26)16(27)11-1-3-13(20)4-2-11/h1-4,9-10H,5-8H2. The van der Waals surface area contributed by atoms with Gasteiger partial charge in [0.05, 0.1) is 5.56 Å². The number of alkyl halides is 3. The van der Waals surface area contributed by atoms with Gasteiger partial charge in [0.2, 0.25) is 0 Å². The highest BCUT2D eigenvalue weighted by atomic mass is 35.5. The molecule has 2 heterocycles. The fourth-order valence-electron chi connectivity index (χ4n) is 2.82. The van der Waals surface area contributed by atoms with Gasteiger partial charge in [0.25, 0.3) is 11.8 Å². The molecule has 0 aliphatic carbocycles. The Kier molecular flexibility index (Phi) is 5.55. The molecule has 0 spiro atoms. The van der Waals surface area contributed by atoms with Gasteiger partial charge in [-0.15, -0.1) is 0 Å². The summed E-state index contributed by atoms with van der Waals surface area (Å²) in [6.07, 6.45) is -4.65. The van der Waals surface area contributed by atoms with Crippen LogP contribution in [0.5, 0.6) is 0 Å². The molecule has 0 unspecified atom stereocenters. The number of hydrogen-bond acceptors (Lipinski definition) is 3. The molecule has 0 N–H and O–H groups in total. The molecule has 10 heteroatoms. The quantitative estimate of drug-likeness (QED) is 0.557. The van der Waals surface area contributed by atoms with E-state index < -0.39 is 34.3 Å². The SMILES string of the molecule is O=C(c1ccc(F)cc1)N1CCN(C(=O)c2cc(C(F)(F)F)cc(Cl)n2)CC1. The maximum Gasteiger partial charge on any atom is 0.416 e. The molecular weight excluding hydrogens is 402 g/mol. The number of aromatic nitrogens is 1. The Bertz CT molecular complexity index is 895. The van der Waals surface area contributed by atoms with Crippen LogP contribution < -0.4 is 0 Å². The van der Waals surface area contributed by atoms with Gasteiger partial charge in [-0.05, 0) is 36.4 Å². The monoisotopic (exact) mass is 415 g/mol. The van der Waals surface area contributed by atoms with Crippen molar-refractivity contribution in [3.63, 3.8) is 0 Å². The summed E-state index contributed by atoms with van der Waals surface area (Å²) in [4.78, 5) is 31.4. The van der Waals surface area contributed by atoms with Crippen molar-refractivity contribution < 1.29 is 27.2 Å². The Hall–Kier alpha value is -2.68. The predicted molar refractivity (Wildman–Crippen MR) is 92.5 cm³/mol. The van der Waals surface area contributed by atoms with E-state index in [1.54, 1.807) is 0 Å². The van der Waals surface area contributed by atoms with Crippen molar-refractivity contribution in [1.82, 2.24) is 14.8 Å². The Morgan fingerprint density at radius 3 is 2.00 bits per heavy atom. The van der Waals surface area contributed by atoms with Crippen molar-refractivity contribution in [3.05, 3.63) is 64.2 Å². The molecule has 1 aromatic heterocycles. The van der Waals surface area contributed by atoms with Crippen LogP contribution in [0.1, 0.15) is 26.4 Å². The molecule has 148 valence electrons. The molecule has 1 saturated heterocycles. The molecule has 2 amide bonds. The molecule has 0 radical (unpaired) electrons. The van der Waals surface area contributed by atoms with Crippen LogP contribution in [0.3, 0.4) is 0 Å². The summed E-state index contributed by atoms with van der Waals surface area (Å²) in [6.45, 7) is 0.631. The number of rotatable bonds is 2. The molecule has 5 nitrogen and oxygen atoms in total. The van der Waals surface area contributed by atoms with Gasteiger partial charge in [0.15, 0.2) is 0 Å². The van der Waals surface area contributed by atoms with Gasteiger partial charge in [0, 0.05) is 31.7 Å². The number of hydrogen-bond donors (Lipinski definition) is 0. The molecule has 1 fully saturated rings. The molecule has 3 rings (SSSR count). The van der Waals surface area contributed by atoms with Crippen LogP contribution >= 0.6 is 11.6 Å². The molecule has 2 aromatic rings. The predicted octanol–water partition coefficient (Wildman–Crippen LogP) is 3.49. The first-order valence-electron chi connectivity index (χ1n) is 8.24. The zero-order valence-corrected chi connectivity index (χ0v) is 15.1. The summed E-state index contributed by atoms with van der Waals surface area (Å²) in [5.74, 6) is -1.46. The highest BCUT2D eigenvalue weighted by molar-refractivity contribution is 6.29. The lowest BCUT2D eigenvalue weighted by molar-refractivity contribution is -0.137. The number of nitrogens with zero attached hydrogens (tertiary/aromatic N) is 3. The number of piperazine rings is 1. The lowest BCUT2D eigenvalue weighted by Gasteiger charge is -2.34. The minimum absolute atomic E-state index is 0.126. The van der Waals surface area contributed by atoms with Gasteiger partial charge >= 0.3 is 6.18 Å². The highest BCUT2D eigenvalue weighted by Gasteiger charge is 2.33. The lowest BCUT2D eigenvalue weighted by Crippen LogP contribution is -2.50. The number of carbonyl (C=O) groups excluding carboxylic acids is 2. The summed E-state index contributed by atoms with van der Waals surface area (Å²) in [6, 6.07) is 6.39. The van der Waals surface area contributed by atoms with Crippen LogP contribution in [-0.2, 0) is 6.18 Å². The third kappa shape index (κ3) is 4.41. The Morgan fingerprint density at radius 2 is 1.46 bits per heavy atom. The first kappa shape index (κ1) is 20.1. The van der Waals surface area contributed by atoms with Crippen molar-refractivity contribution in [2.24, 2.45) is 0 Å². The third-order valence-electron chi connectivity index (χ3n) is 4.29. The Labute approximate surface area is 162 Å². The summed E-state index contributed by atoms with van der Waals surface area (Å²) in [7, 11) is 0. The summed E-state index contributed by atoms with van der Waals surface area (Å²) >= 11 is 5.62. The first-order valence-corrected chi connectivity index (χ1v) is 8.62. The van der Waals surface area contributed by atoms with Crippen molar-refractivity contribution in [2.75, 3.05) is 26.2 Å². The van der Waals surface area contributed by atoms with E-state index in [-0.39, 0.29) is 32.1 Å². The molecule has 1 aliphatic rings. The minimum Gasteiger partial charge on any atom is -0.335 e. The number of amides is 2. The van der Waals surface area contributed by atoms with Crippen molar-refractivity contribution in [1.29, 1.82) is 0 Å². The number of carbonyl (C=O) groups is 2. The summed E-state index contributed by atoms with van der Waals surface area (Å²) < 4.78 is 51.7. The zero-order valence-electron chi connectivity index (χ0n) is 14.3. The average Bonchev–Trinajstić information content (AvgIpc) is 2.66. The van der Waals surface area contributed by atoms with E-state index in [1.165, 1.54) is 34.1 Å². The summed E-state index contributed by atoms with van der Waals surface area (Å²) in [5.41, 5.74) is -1.15. The van der Waals surface area contributed by atoms with Crippen molar-refractivity contribution >= 4 is 23.4 Å². The second-order valence-electron chi connectivity index (χ2n) is 6.15. The van der Waals surface area contributed by atoms with Crippen LogP contribution in [0.25, 0.3) is 0 Å². The number of pyridine rings is 1. The fourth-order valence-corrected chi connectivity index (χ4v) is 3.03. The smallest absolute Gasteiger partial charge is 0.335 e. The lowest BCUT2D eigenvalue weighted by atomic mass is 10.1. The van der Waals surface area contributed by atoms with E-state index in [9.17, 15) is 27.2 Å². The molecule has 28 heavy (non-hydrogen) atoms. The Morgan fingerprint density at radius 1 is 0.929 bits per heavy atom. The largest absolute Gasteiger partial charge is 0.416 e. The van der Waals surface area contributed by atoms with Crippen LogP contribution in [0.15, 0.2) is 36.4 Å². The normalized spacial score (nSPS) is 14.9. The van der Waals surface area contributed by atoms with Gasteiger partial charge in [-0.2, -0.15) is 13.2 Å². The maximum absolute atomic E-state index is 13.0. The van der Waals surface area contributed by atoms with Crippen LogP contribution in [0.4, 0.5) is 17.6 Å². The van der Waals surface area contributed by atoms with Crippen LogP contribution in [0, 0.1) is 5.82 Å². The van der Waals surface area contributed by atoms with E-state index in [4.69, 9.17) is 11.6 Å². The van der Waals surface area contributed by atoms with Crippen LogP contribution in [0.2, 0.25) is 5.15 Å². The van der Waals surface area contributed by atoms with E-state index in [0.717, 1.165) is 0 Å². The van der Waals surface area contributed by atoms with Gasteiger partial charge in [0.1, 0.15) is 16.7 Å². The third-order valence-corrected chi connectivity index (χ3v) is 4.48. The molecule has 0 saturated carbocycles. The van der Waals surface area contributed by atoms with Gasteiger partial charge in [-0.1, -0.05) is 11.6 Å². The highest BCUT2D eigenvalue weighted by Crippen LogP contribution is 2.31. The second kappa shape index (κ2) is 7.75. The number of benzene rings is 1. The van der Waals surface area contributed by atoms with E-state index >= 15 is 0 Å². The molecular formula is C18H14ClF4N3O2. The Balaban J connectivity index is 1.68.